The molecule has 3 aromatic carbocycles. The van der Waals surface area contributed by atoms with Gasteiger partial charge in [0, 0.05) is 18.8 Å². The van der Waals surface area contributed by atoms with Crippen molar-refractivity contribution in [3.05, 3.63) is 83.4 Å². The highest BCUT2D eigenvalue weighted by Crippen LogP contribution is 2.27. The molecule has 0 radical (unpaired) electrons. The summed E-state index contributed by atoms with van der Waals surface area (Å²) in [5, 5.41) is 3.36. The van der Waals surface area contributed by atoms with E-state index in [9.17, 15) is 4.79 Å². The first-order valence-electron chi connectivity index (χ1n) is 10.2. The molecule has 5 heteroatoms. The molecule has 154 valence electrons. The molecule has 1 saturated heterocycles. The van der Waals surface area contributed by atoms with Crippen LogP contribution in [-0.4, -0.2) is 37.0 Å². The SMILES string of the molecule is CN1CCC(Oc2ccc(-c3cccc(NC(=O)c4ccccc4Cl)c3)cc2)CC1. The van der Waals surface area contributed by atoms with Gasteiger partial charge in [-0.3, -0.25) is 4.79 Å². The van der Waals surface area contributed by atoms with Crippen molar-refractivity contribution >= 4 is 23.2 Å². The van der Waals surface area contributed by atoms with Crippen molar-refractivity contribution in [2.75, 3.05) is 25.5 Å². The summed E-state index contributed by atoms with van der Waals surface area (Å²) in [6.07, 6.45) is 2.41. The zero-order valence-corrected chi connectivity index (χ0v) is 17.7. The van der Waals surface area contributed by atoms with Crippen molar-refractivity contribution in [3.63, 3.8) is 0 Å². The summed E-state index contributed by atoms with van der Waals surface area (Å²) >= 11 is 6.13. The standard InChI is InChI=1S/C25H25ClN2O2/c1-28-15-13-22(14-16-28)30-21-11-9-18(10-12-21)19-5-4-6-20(17-19)27-25(29)23-7-2-3-8-24(23)26/h2-12,17,22H,13-16H2,1H3,(H,27,29). The lowest BCUT2D eigenvalue weighted by Crippen LogP contribution is -2.35. The van der Waals surface area contributed by atoms with Crippen molar-refractivity contribution in [1.82, 2.24) is 4.90 Å². The van der Waals surface area contributed by atoms with Gasteiger partial charge in [-0.1, -0.05) is 48.0 Å². The molecule has 0 aromatic heterocycles. The van der Waals surface area contributed by atoms with Crippen molar-refractivity contribution in [2.24, 2.45) is 0 Å². The van der Waals surface area contributed by atoms with E-state index in [0.29, 0.717) is 10.6 Å². The van der Waals surface area contributed by atoms with Crippen LogP contribution >= 0.6 is 11.6 Å². The fraction of sp³-hybridized carbons (Fsp3) is 0.240. The number of ether oxygens (including phenoxy) is 1. The fourth-order valence-electron chi connectivity index (χ4n) is 3.64. The molecular weight excluding hydrogens is 396 g/mol. The minimum atomic E-state index is -0.223. The van der Waals surface area contributed by atoms with Crippen molar-refractivity contribution in [3.8, 4) is 16.9 Å². The number of amides is 1. The van der Waals surface area contributed by atoms with E-state index in [1.54, 1.807) is 24.3 Å². The van der Waals surface area contributed by atoms with Crippen LogP contribution in [0.15, 0.2) is 72.8 Å². The minimum absolute atomic E-state index is 0.223. The highest BCUT2D eigenvalue weighted by molar-refractivity contribution is 6.34. The Morgan fingerprint density at radius 1 is 0.967 bits per heavy atom. The molecule has 4 rings (SSSR count). The zero-order chi connectivity index (χ0) is 20.9. The second kappa shape index (κ2) is 9.33. The lowest BCUT2D eigenvalue weighted by Gasteiger charge is -2.29. The Labute approximate surface area is 182 Å². The monoisotopic (exact) mass is 420 g/mol. The average Bonchev–Trinajstić information content (AvgIpc) is 2.76. The van der Waals surface area contributed by atoms with Gasteiger partial charge in [-0.25, -0.2) is 0 Å². The van der Waals surface area contributed by atoms with Gasteiger partial charge >= 0.3 is 0 Å². The van der Waals surface area contributed by atoms with Crippen molar-refractivity contribution in [1.29, 1.82) is 0 Å². The molecule has 0 atom stereocenters. The van der Waals surface area contributed by atoms with E-state index in [1.165, 1.54) is 0 Å². The summed E-state index contributed by atoms with van der Waals surface area (Å²) < 4.78 is 6.13. The second-order valence-corrected chi connectivity index (χ2v) is 8.07. The number of halogens is 1. The van der Waals surface area contributed by atoms with Gasteiger partial charge in [-0.05, 0) is 67.4 Å². The van der Waals surface area contributed by atoms with Crippen LogP contribution in [0.1, 0.15) is 23.2 Å². The normalized spacial score (nSPS) is 15.0. The average molecular weight is 421 g/mol. The fourth-order valence-corrected chi connectivity index (χ4v) is 3.86. The summed E-state index contributed by atoms with van der Waals surface area (Å²) in [5.74, 6) is 0.677. The molecule has 1 aliphatic rings. The second-order valence-electron chi connectivity index (χ2n) is 7.66. The quantitative estimate of drug-likeness (QED) is 0.572. The number of nitrogens with one attached hydrogen (secondary N) is 1. The maximum Gasteiger partial charge on any atom is 0.257 e. The number of carbonyl (C=O) groups is 1. The third-order valence-electron chi connectivity index (χ3n) is 5.39. The molecule has 3 aromatic rings. The Kier molecular flexibility index (Phi) is 6.36. The molecule has 0 unspecified atom stereocenters. The Hall–Kier alpha value is -2.82. The maximum atomic E-state index is 12.5. The molecule has 0 saturated carbocycles. The van der Waals surface area contributed by atoms with Crippen LogP contribution in [0.3, 0.4) is 0 Å². The number of hydrogen-bond acceptors (Lipinski definition) is 3. The molecule has 30 heavy (non-hydrogen) atoms. The predicted octanol–water partition coefficient (Wildman–Crippen LogP) is 5.73. The van der Waals surface area contributed by atoms with E-state index < -0.39 is 0 Å². The van der Waals surface area contributed by atoms with Crippen LogP contribution < -0.4 is 10.1 Å². The summed E-state index contributed by atoms with van der Waals surface area (Å²) in [4.78, 5) is 14.9. The zero-order valence-electron chi connectivity index (χ0n) is 17.0. The molecular formula is C25H25ClN2O2. The first-order valence-corrected chi connectivity index (χ1v) is 10.6. The van der Waals surface area contributed by atoms with E-state index in [2.05, 4.69) is 29.4 Å². The molecule has 1 amide bonds. The molecule has 4 nitrogen and oxygen atoms in total. The van der Waals surface area contributed by atoms with Crippen LogP contribution in [0.2, 0.25) is 5.02 Å². The van der Waals surface area contributed by atoms with Gasteiger partial charge in [-0.15, -0.1) is 0 Å². The maximum absolute atomic E-state index is 12.5. The first-order chi connectivity index (χ1) is 14.6. The van der Waals surface area contributed by atoms with E-state index in [-0.39, 0.29) is 12.0 Å². The molecule has 1 fully saturated rings. The van der Waals surface area contributed by atoms with E-state index in [4.69, 9.17) is 16.3 Å². The van der Waals surface area contributed by atoms with Gasteiger partial charge in [-0.2, -0.15) is 0 Å². The van der Waals surface area contributed by atoms with E-state index in [0.717, 1.165) is 48.5 Å². The summed E-state index contributed by atoms with van der Waals surface area (Å²) in [5.41, 5.74) is 3.28. The van der Waals surface area contributed by atoms with Gasteiger partial charge < -0.3 is 15.0 Å². The van der Waals surface area contributed by atoms with E-state index in [1.807, 2.05) is 36.4 Å². The molecule has 0 aliphatic carbocycles. The molecule has 1 heterocycles. The van der Waals surface area contributed by atoms with Crippen molar-refractivity contribution < 1.29 is 9.53 Å². The molecule has 1 aliphatic heterocycles. The summed E-state index contributed by atoms with van der Waals surface area (Å²) in [6, 6.07) is 23.0. The summed E-state index contributed by atoms with van der Waals surface area (Å²) in [7, 11) is 2.15. The summed E-state index contributed by atoms with van der Waals surface area (Å²) in [6.45, 7) is 2.16. The van der Waals surface area contributed by atoms with Crippen LogP contribution in [0.4, 0.5) is 5.69 Å². The highest BCUT2D eigenvalue weighted by Gasteiger charge is 2.18. The van der Waals surface area contributed by atoms with Gasteiger partial charge in [0.1, 0.15) is 11.9 Å². The largest absolute Gasteiger partial charge is 0.490 e. The number of nitrogens with zero attached hydrogens (tertiary/aromatic N) is 1. The first kappa shape index (κ1) is 20.5. The number of hydrogen-bond donors (Lipinski definition) is 1. The third-order valence-corrected chi connectivity index (χ3v) is 5.72. The van der Waals surface area contributed by atoms with E-state index >= 15 is 0 Å². The van der Waals surface area contributed by atoms with Gasteiger partial charge in [0.05, 0.1) is 10.6 Å². The number of likely N-dealkylation sites (tertiary alicyclic amines) is 1. The number of benzene rings is 3. The Morgan fingerprint density at radius 2 is 1.70 bits per heavy atom. The lowest BCUT2D eigenvalue weighted by molar-refractivity contribution is 0.102. The Balaban J connectivity index is 1.43. The Morgan fingerprint density at radius 3 is 2.43 bits per heavy atom. The van der Waals surface area contributed by atoms with Crippen LogP contribution in [-0.2, 0) is 0 Å². The Bertz CT molecular complexity index is 1010. The number of rotatable bonds is 5. The van der Waals surface area contributed by atoms with Crippen molar-refractivity contribution in [2.45, 2.75) is 18.9 Å². The molecule has 1 N–H and O–H groups in total. The van der Waals surface area contributed by atoms with Crippen LogP contribution in [0, 0.1) is 0 Å². The van der Waals surface area contributed by atoms with Crippen LogP contribution in [0.25, 0.3) is 11.1 Å². The minimum Gasteiger partial charge on any atom is -0.490 e. The number of anilines is 1. The third kappa shape index (κ3) is 5.02. The van der Waals surface area contributed by atoms with Crippen LogP contribution in [0.5, 0.6) is 5.75 Å². The van der Waals surface area contributed by atoms with Gasteiger partial charge in [0.2, 0.25) is 0 Å². The smallest absolute Gasteiger partial charge is 0.257 e. The molecule has 0 spiro atoms. The lowest BCUT2D eigenvalue weighted by atomic mass is 10.0. The predicted molar refractivity (Wildman–Crippen MR) is 122 cm³/mol. The number of piperidine rings is 1. The van der Waals surface area contributed by atoms with Gasteiger partial charge in [0.25, 0.3) is 5.91 Å². The highest BCUT2D eigenvalue weighted by atomic mass is 35.5. The molecule has 0 bridgehead atoms. The topological polar surface area (TPSA) is 41.6 Å². The van der Waals surface area contributed by atoms with Gasteiger partial charge in [0.15, 0.2) is 0 Å². The number of carbonyl (C=O) groups excluding carboxylic acids is 1.